The van der Waals surface area contributed by atoms with Crippen LogP contribution in [0.2, 0.25) is 5.02 Å². The van der Waals surface area contributed by atoms with E-state index in [-0.39, 0.29) is 17.3 Å². The molecule has 5 aromatic rings. The summed E-state index contributed by atoms with van der Waals surface area (Å²) in [5.41, 5.74) is 3.58. The molecule has 0 spiro atoms. The highest BCUT2D eigenvalue weighted by molar-refractivity contribution is 6.31. The lowest BCUT2D eigenvalue weighted by molar-refractivity contribution is 0.575. The van der Waals surface area contributed by atoms with Crippen molar-refractivity contribution in [1.82, 2.24) is 14.1 Å². The number of aromatic nitrogens is 3. The minimum absolute atomic E-state index is 0.131. The summed E-state index contributed by atoms with van der Waals surface area (Å²) < 4.78 is 17.6. The Hall–Kier alpha value is -3.44. The van der Waals surface area contributed by atoms with Crippen molar-refractivity contribution in [2.45, 2.75) is 25.9 Å². The first-order valence-electron chi connectivity index (χ1n) is 10.5. The molecule has 0 aliphatic rings. The lowest BCUT2D eigenvalue weighted by Gasteiger charge is -2.14. The summed E-state index contributed by atoms with van der Waals surface area (Å²) in [4.78, 5) is 18.2. The largest absolute Gasteiger partial charge is 0.330 e. The van der Waals surface area contributed by atoms with Crippen LogP contribution >= 0.6 is 11.6 Å². The predicted octanol–water partition coefficient (Wildman–Crippen LogP) is 6.00. The van der Waals surface area contributed by atoms with E-state index >= 15 is 0 Å². The third-order valence-electron chi connectivity index (χ3n) is 5.91. The first-order chi connectivity index (χ1) is 15.5. The molecule has 4 nitrogen and oxygen atoms in total. The molecule has 3 aromatic carbocycles. The fraction of sp³-hybridized carbons (Fsp3) is 0.154. The number of nitrogens with zero attached hydrogens (tertiary/aromatic N) is 3. The van der Waals surface area contributed by atoms with E-state index in [2.05, 4.69) is 24.0 Å². The molecule has 0 amide bonds. The van der Waals surface area contributed by atoms with Gasteiger partial charge in [0.05, 0.1) is 11.8 Å². The minimum Gasteiger partial charge on any atom is -0.330 e. The number of rotatable bonds is 5. The highest BCUT2D eigenvalue weighted by Gasteiger charge is 2.19. The van der Waals surface area contributed by atoms with E-state index in [0.29, 0.717) is 34.5 Å². The number of halogens is 2. The van der Waals surface area contributed by atoms with Crippen LogP contribution in [0.25, 0.3) is 21.9 Å². The Morgan fingerprint density at radius 3 is 2.56 bits per heavy atom. The van der Waals surface area contributed by atoms with E-state index in [4.69, 9.17) is 11.6 Å². The van der Waals surface area contributed by atoms with Crippen LogP contribution in [0.5, 0.6) is 0 Å². The standard InChI is InChI=1S/C26H21ClFN3O/c1-17(18-7-3-2-4-8-18)14-30-16-29-24-21-13-20(28)11-12-23(21)31(25(24)26(30)32)15-19-9-5-6-10-22(19)27/h2-13,16-17H,14-15H2,1H3/t17-/m1/s1. The SMILES string of the molecule is C[C@H](Cn1cnc2c3cc(F)ccc3n(Cc3ccccc3Cl)c2c1=O)c1ccccc1. The van der Waals surface area contributed by atoms with Crippen LogP contribution in [0.3, 0.4) is 0 Å². The fourth-order valence-corrected chi connectivity index (χ4v) is 4.44. The molecule has 0 fully saturated rings. The molecule has 2 heterocycles. The van der Waals surface area contributed by atoms with Gasteiger partial charge >= 0.3 is 0 Å². The zero-order valence-electron chi connectivity index (χ0n) is 17.5. The van der Waals surface area contributed by atoms with Crippen molar-refractivity contribution in [3.8, 4) is 0 Å². The summed E-state index contributed by atoms with van der Waals surface area (Å²) in [5, 5.41) is 1.24. The molecule has 0 unspecified atom stereocenters. The molecule has 32 heavy (non-hydrogen) atoms. The number of hydrogen-bond acceptors (Lipinski definition) is 2. The first kappa shape index (κ1) is 20.5. The van der Waals surface area contributed by atoms with E-state index < -0.39 is 0 Å². The first-order valence-corrected chi connectivity index (χ1v) is 10.9. The maximum absolute atomic E-state index is 14.1. The maximum atomic E-state index is 14.1. The van der Waals surface area contributed by atoms with Gasteiger partial charge in [-0.3, -0.25) is 9.36 Å². The van der Waals surface area contributed by atoms with Gasteiger partial charge < -0.3 is 4.57 Å². The van der Waals surface area contributed by atoms with Crippen molar-refractivity contribution in [2.24, 2.45) is 0 Å². The third kappa shape index (κ3) is 3.59. The molecule has 0 N–H and O–H groups in total. The molecule has 0 saturated carbocycles. The van der Waals surface area contributed by atoms with Crippen LogP contribution in [0.15, 0.2) is 83.9 Å². The monoisotopic (exact) mass is 445 g/mol. The van der Waals surface area contributed by atoms with Gasteiger partial charge in [0.2, 0.25) is 0 Å². The maximum Gasteiger partial charge on any atom is 0.277 e. The van der Waals surface area contributed by atoms with Crippen molar-refractivity contribution in [1.29, 1.82) is 0 Å². The Balaban J connectivity index is 1.69. The Labute approximate surface area is 189 Å². The zero-order valence-corrected chi connectivity index (χ0v) is 18.3. The van der Waals surface area contributed by atoms with Gasteiger partial charge in [0, 0.05) is 23.5 Å². The number of hydrogen-bond donors (Lipinski definition) is 0. The van der Waals surface area contributed by atoms with Crippen molar-refractivity contribution < 1.29 is 4.39 Å². The lowest BCUT2D eigenvalue weighted by atomic mass is 10.0. The predicted molar refractivity (Wildman–Crippen MR) is 127 cm³/mol. The van der Waals surface area contributed by atoms with Crippen molar-refractivity contribution in [2.75, 3.05) is 0 Å². The normalized spacial score (nSPS) is 12.5. The molecule has 0 bridgehead atoms. The molecular weight excluding hydrogens is 425 g/mol. The summed E-state index contributed by atoms with van der Waals surface area (Å²) in [6.45, 7) is 2.97. The number of benzene rings is 3. The van der Waals surface area contributed by atoms with Gasteiger partial charge in [-0.1, -0.05) is 67.1 Å². The van der Waals surface area contributed by atoms with E-state index in [1.54, 1.807) is 17.0 Å². The summed E-state index contributed by atoms with van der Waals surface area (Å²) in [7, 11) is 0. The van der Waals surface area contributed by atoms with E-state index in [9.17, 15) is 9.18 Å². The molecular formula is C26H21ClFN3O. The molecule has 6 heteroatoms. The van der Waals surface area contributed by atoms with Gasteiger partial charge in [0.1, 0.15) is 16.9 Å². The highest BCUT2D eigenvalue weighted by atomic mass is 35.5. The Morgan fingerprint density at radius 1 is 1.03 bits per heavy atom. The quantitative estimate of drug-likeness (QED) is 0.333. The van der Waals surface area contributed by atoms with E-state index in [1.165, 1.54) is 12.1 Å². The van der Waals surface area contributed by atoms with Crippen LogP contribution in [-0.4, -0.2) is 14.1 Å². The van der Waals surface area contributed by atoms with E-state index in [1.807, 2.05) is 47.0 Å². The number of fused-ring (bicyclic) bond motifs is 3. The van der Waals surface area contributed by atoms with Gasteiger partial charge in [0.15, 0.2) is 0 Å². The molecule has 160 valence electrons. The average molecular weight is 446 g/mol. The van der Waals surface area contributed by atoms with E-state index in [0.717, 1.165) is 16.6 Å². The second kappa shape index (κ2) is 8.24. The van der Waals surface area contributed by atoms with Crippen LogP contribution < -0.4 is 5.56 Å². The topological polar surface area (TPSA) is 39.8 Å². The Morgan fingerprint density at radius 2 is 1.78 bits per heavy atom. The van der Waals surface area contributed by atoms with Gasteiger partial charge in [0.25, 0.3) is 5.56 Å². The molecule has 0 aliphatic carbocycles. The fourth-order valence-electron chi connectivity index (χ4n) is 4.25. The molecule has 2 aromatic heterocycles. The van der Waals surface area contributed by atoms with Crippen LogP contribution in [-0.2, 0) is 13.1 Å². The summed E-state index contributed by atoms with van der Waals surface area (Å²) >= 11 is 6.40. The van der Waals surface area contributed by atoms with Gasteiger partial charge in [-0.25, -0.2) is 9.37 Å². The molecule has 0 aliphatic heterocycles. The zero-order chi connectivity index (χ0) is 22.2. The summed E-state index contributed by atoms with van der Waals surface area (Å²) in [6.07, 6.45) is 1.56. The van der Waals surface area contributed by atoms with Gasteiger partial charge in [-0.15, -0.1) is 0 Å². The summed E-state index contributed by atoms with van der Waals surface area (Å²) in [5.74, 6) is -0.232. The third-order valence-corrected chi connectivity index (χ3v) is 6.28. The molecule has 0 saturated heterocycles. The minimum atomic E-state index is -0.363. The second-order valence-corrected chi connectivity index (χ2v) is 8.46. The second-order valence-electron chi connectivity index (χ2n) is 8.05. The summed E-state index contributed by atoms with van der Waals surface area (Å²) in [6, 6.07) is 22.1. The molecule has 5 rings (SSSR count). The average Bonchev–Trinajstić information content (AvgIpc) is 3.11. The lowest BCUT2D eigenvalue weighted by Crippen LogP contribution is -2.24. The Kier molecular flexibility index (Phi) is 5.27. The van der Waals surface area contributed by atoms with Gasteiger partial charge in [-0.05, 0) is 41.3 Å². The van der Waals surface area contributed by atoms with Crippen molar-refractivity contribution in [3.05, 3.63) is 111 Å². The highest BCUT2D eigenvalue weighted by Crippen LogP contribution is 2.28. The Bertz CT molecular complexity index is 1490. The van der Waals surface area contributed by atoms with Crippen LogP contribution in [0, 0.1) is 5.82 Å². The molecule has 1 atom stereocenters. The van der Waals surface area contributed by atoms with Gasteiger partial charge in [-0.2, -0.15) is 0 Å². The van der Waals surface area contributed by atoms with Crippen LogP contribution in [0.1, 0.15) is 24.0 Å². The molecule has 0 radical (unpaired) electrons. The van der Waals surface area contributed by atoms with Crippen molar-refractivity contribution in [3.63, 3.8) is 0 Å². The van der Waals surface area contributed by atoms with Crippen molar-refractivity contribution >= 4 is 33.5 Å². The smallest absolute Gasteiger partial charge is 0.277 e. The van der Waals surface area contributed by atoms with Crippen LogP contribution in [0.4, 0.5) is 4.39 Å².